The lowest BCUT2D eigenvalue weighted by molar-refractivity contribution is 0.113. The topological polar surface area (TPSA) is 58.3 Å². The molecule has 2 N–H and O–H groups in total. The van der Waals surface area contributed by atoms with Crippen LogP contribution in [0.2, 0.25) is 0 Å². The molecule has 86 valence electrons. The lowest BCUT2D eigenvalue weighted by atomic mass is 10.4. The minimum Gasteiger partial charge on any atom is -0.394 e. The van der Waals surface area contributed by atoms with Gasteiger partial charge in [0.05, 0.1) is 19.0 Å². The van der Waals surface area contributed by atoms with Gasteiger partial charge in [0.25, 0.3) is 0 Å². The van der Waals surface area contributed by atoms with Crippen LogP contribution in [0.5, 0.6) is 0 Å². The number of hydrogen-bond acceptors (Lipinski definition) is 4. The van der Waals surface area contributed by atoms with Crippen LogP contribution < -0.4 is 0 Å². The van der Waals surface area contributed by atoms with E-state index in [1.807, 2.05) is 12.5 Å². The van der Waals surface area contributed by atoms with Crippen molar-refractivity contribution in [1.29, 1.82) is 0 Å². The van der Waals surface area contributed by atoms with E-state index in [4.69, 9.17) is 5.11 Å². The summed E-state index contributed by atoms with van der Waals surface area (Å²) in [5.74, 6) is 1.37. The Morgan fingerprint density at radius 1 is 1.53 bits per heavy atom. The Balaban J connectivity index is 2.40. The molecule has 0 aliphatic heterocycles. The summed E-state index contributed by atoms with van der Waals surface area (Å²) in [4.78, 5) is 4.10. The molecule has 0 aliphatic rings. The van der Waals surface area contributed by atoms with Crippen LogP contribution in [0.25, 0.3) is 0 Å². The Bertz CT molecular complexity index is 289. The first-order valence-electron chi connectivity index (χ1n) is 5.02. The van der Waals surface area contributed by atoms with Crippen molar-refractivity contribution in [3.05, 3.63) is 18.2 Å². The van der Waals surface area contributed by atoms with Gasteiger partial charge in [-0.3, -0.25) is 0 Å². The molecular formula is C10H18N2O2S. The van der Waals surface area contributed by atoms with E-state index < -0.39 is 6.10 Å². The first-order chi connectivity index (χ1) is 7.15. The number of aliphatic hydroxyl groups excluding tert-OH is 2. The van der Waals surface area contributed by atoms with E-state index in [0.29, 0.717) is 11.8 Å². The molecule has 0 bridgehead atoms. The van der Waals surface area contributed by atoms with E-state index >= 15 is 0 Å². The van der Waals surface area contributed by atoms with Gasteiger partial charge in [-0.15, -0.1) is 0 Å². The van der Waals surface area contributed by atoms with Gasteiger partial charge in [0.1, 0.15) is 0 Å². The second-order valence-corrected chi connectivity index (χ2v) is 4.77. The number of aromatic nitrogens is 2. The average molecular weight is 230 g/mol. The second kappa shape index (κ2) is 6.15. The van der Waals surface area contributed by atoms with Crippen LogP contribution in [0.15, 0.2) is 12.5 Å². The smallest absolute Gasteiger partial charge is 0.0950 e. The highest BCUT2D eigenvalue weighted by molar-refractivity contribution is 7.98. The van der Waals surface area contributed by atoms with Gasteiger partial charge in [-0.1, -0.05) is 0 Å². The minimum absolute atomic E-state index is 0.170. The summed E-state index contributed by atoms with van der Waals surface area (Å²) in [6, 6.07) is 0.408. The lowest BCUT2D eigenvalue weighted by Gasteiger charge is -2.12. The van der Waals surface area contributed by atoms with Gasteiger partial charge in [-0.2, -0.15) is 11.8 Å². The first-order valence-corrected chi connectivity index (χ1v) is 6.18. The molecule has 15 heavy (non-hydrogen) atoms. The molecule has 4 nitrogen and oxygen atoms in total. The first kappa shape index (κ1) is 12.5. The van der Waals surface area contributed by atoms with Gasteiger partial charge in [0, 0.05) is 29.4 Å². The maximum absolute atomic E-state index is 9.17. The van der Waals surface area contributed by atoms with Gasteiger partial charge < -0.3 is 14.8 Å². The zero-order valence-corrected chi connectivity index (χ0v) is 9.94. The Kier molecular flexibility index (Phi) is 5.14. The fourth-order valence-corrected chi connectivity index (χ4v) is 2.19. The molecule has 0 spiro atoms. The van der Waals surface area contributed by atoms with E-state index in [1.165, 1.54) is 0 Å². The van der Waals surface area contributed by atoms with Crippen LogP contribution in [0, 0.1) is 0 Å². The third kappa shape index (κ3) is 3.85. The molecule has 1 rings (SSSR count). The molecule has 1 unspecified atom stereocenters. The third-order valence-corrected chi connectivity index (χ3v) is 3.19. The van der Waals surface area contributed by atoms with Crippen molar-refractivity contribution in [2.75, 3.05) is 12.4 Å². The predicted molar refractivity (Wildman–Crippen MR) is 61.9 cm³/mol. The normalized spacial score (nSPS) is 13.4. The largest absolute Gasteiger partial charge is 0.394 e. The molecule has 1 aromatic rings. The highest BCUT2D eigenvalue weighted by atomic mass is 32.2. The molecule has 0 aliphatic carbocycles. The Labute approximate surface area is 94.3 Å². The van der Waals surface area contributed by atoms with Gasteiger partial charge in [-0.05, 0) is 13.8 Å². The van der Waals surface area contributed by atoms with Crippen molar-refractivity contribution in [2.45, 2.75) is 31.7 Å². The molecular weight excluding hydrogens is 212 g/mol. The monoisotopic (exact) mass is 230 g/mol. The summed E-state index contributed by atoms with van der Waals surface area (Å²) in [5, 5.41) is 17.8. The number of rotatable bonds is 6. The fourth-order valence-electron chi connectivity index (χ4n) is 1.26. The highest BCUT2D eigenvalue weighted by Gasteiger charge is 2.07. The van der Waals surface area contributed by atoms with Crippen LogP contribution in [0.4, 0.5) is 0 Å². The van der Waals surface area contributed by atoms with Crippen molar-refractivity contribution in [3.63, 3.8) is 0 Å². The Hall–Kier alpha value is -0.520. The molecule has 1 atom stereocenters. The summed E-state index contributed by atoms with van der Waals surface area (Å²) in [6.45, 7) is 4.05. The SMILES string of the molecule is CC(C)n1cncc1CSCC(O)CO. The van der Waals surface area contributed by atoms with E-state index in [-0.39, 0.29) is 6.61 Å². The van der Waals surface area contributed by atoms with Crippen molar-refractivity contribution >= 4 is 11.8 Å². The van der Waals surface area contributed by atoms with Crippen molar-refractivity contribution in [1.82, 2.24) is 9.55 Å². The van der Waals surface area contributed by atoms with Crippen LogP contribution in [-0.2, 0) is 5.75 Å². The Morgan fingerprint density at radius 2 is 2.27 bits per heavy atom. The summed E-state index contributed by atoms with van der Waals surface area (Å²) >= 11 is 1.60. The van der Waals surface area contributed by atoms with Gasteiger partial charge in [-0.25, -0.2) is 4.98 Å². The van der Waals surface area contributed by atoms with E-state index in [9.17, 15) is 5.11 Å². The molecule has 1 aromatic heterocycles. The zero-order valence-electron chi connectivity index (χ0n) is 9.13. The van der Waals surface area contributed by atoms with E-state index in [2.05, 4.69) is 23.4 Å². The number of imidazole rings is 1. The Morgan fingerprint density at radius 3 is 2.87 bits per heavy atom. The molecule has 0 aromatic carbocycles. The standard InChI is InChI=1S/C10H18N2O2S/c1-8(2)12-7-11-3-9(12)5-15-6-10(14)4-13/h3,7-8,10,13-14H,4-6H2,1-2H3. The lowest BCUT2D eigenvalue weighted by Crippen LogP contribution is -2.15. The summed E-state index contributed by atoms with van der Waals surface area (Å²) in [7, 11) is 0. The number of nitrogens with zero attached hydrogens (tertiary/aromatic N) is 2. The van der Waals surface area contributed by atoms with Crippen molar-refractivity contribution in [2.24, 2.45) is 0 Å². The molecule has 0 saturated heterocycles. The average Bonchev–Trinajstić information content (AvgIpc) is 2.65. The third-order valence-electron chi connectivity index (χ3n) is 2.07. The number of hydrogen-bond donors (Lipinski definition) is 2. The van der Waals surface area contributed by atoms with Crippen LogP contribution >= 0.6 is 11.8 Å². The molecule has 5 heteroatoms. The predicted octanol–water partition coefficient (Wildman–Crippen LogP) is 1.05. The molecule has 0 amide bonds. The molecule has 1 heterocycles. The number of thioether (sulfide) groups is 1. The molecule has 0 radical (unpaired) electrons. The fraction of sp³-hybridized carbons (Fsp3) is 0.700. The molecule has 0 saturated carbocycles. The van der Waals surface area contributed by atoms with E-state index in [1.54, 1.807) is 11.8 Å². The van der Waals surface area contributed by atoms with Crippen molar-refractivity contribution < 1.29 is 10.2 Å². The van der Waals surface area contributed by atoms with Gasteiger partial charge >= 0.3 is 0 Å². The van der Waals surface area contributed by atoms with Crippen LogP contribution in [0.1, 0.15) is 25.6 Å². The summed E-state index contributed by atoms with van der Waals surface area (Å²) in [6.07, 6.45) is 3.05. The zero-order chi connectivity index (χ0) is 11.3. The van der Waals surface area contributed by atoms with E-state index in [0.717, 1.165) is 11.4 Å². The summed E-state index contributed by atoms with van der Waals surface area (Å²) < 4.78 is 2.11. The van der Waals surface area contributed by atoms with Gasteiger partial charge in [0.15, 0.2) is 0 Å². The second-order valence-electron chi connectivity index (χ2n) is 3.74. The minimum atomic E-state index is -0.620. The maximum atomic E-state index is 9.17. The van der Waals surface area contributed by atoms with Gasteiger partial charge in [0.2, 0.25) is 0 Å². The van der Waals surface area contributed by atoms with Crippen LogP contribution in [0.3, 0.4) is 0 Å². The highest BCUT2D eigenvalue weighted by Crippen LogP contribution is 2.16. The summed E-state index contributed by atoms with van der Waals surface area (Å²) in [5.41, 5.74) is 1.15. The maximum Gasteiger partial charge on any atom is 0.0950 e. The van der Waals surface area contributed by atoms with Crippen molar-refractivity contribution in [3.8, 4) is 0 Å². The van der Waals surface area contributed by atoms with Crippen LogP contribution in [-0.4, -0.2) is 38.2 Å². The quantitative estimate of drug-likeness (QED) is 0.767. The molecule has 0 fully saturated rings. The number of aliphatic hydroxyl groups is 2.